The van der Waals surface area contributed by atoms with Gasteiger partial charge in [-0.15, -0.1) is 11.3 Å². The Bertz CT molecular complexity index is 1020. The lowest BCUT2D eigenvalue weighted by Crippen LogP contribution is -1.92. The smallest absolute Gasteiger partial charge is 0.161 e. The highest BCUT2D eigenvalue weighted by atomic mass is 32.1. The summed E-state index contributed by atoms with van der Waals surface area (Å²) in [6.07, 6.45) is 1.62. The van der Waals surface area contributed by atoms with Gasteiger partial charge in [-0.05, 0) is 30.3 Å². The quantitative estimate of drug-likeness (QED) is 0.613. The number of phenols is 1. The Labute approximate surface area is 161 Å². The van der Waals surface area contributed by atoms with Crippen LogP contribution in [0.25, 0.3) is 16.8 Å². The normalized spacial score (nSPS) is 10.9. The highest BCUT2D eigenvalue weighted by molar-refractivity contribution is 7.11. The van der Waals surface area contributed by atoms with E-state index in [1.54, 1.807) is 31.5 Å². The highest BCUT2D eigenvalue weighted by Gasteiger charge is 2.11. The zero-order valence-corrected chi connectivity index (χ0v) is 15.6. The lowest BCUT2D eigenvalue weighted by atomic mass is 10.1. The molecule has 0 spiro atoms. The van der Waals surface area contributed by atoms with Crippen LogP contribution in [0.2, 0.25) is 0 Å². The minimum atomic E-state index is 0.0665. The molecule has 1 aromatic heterocycles. The van der Waals surface area contributed by atoms with Gasteiger partial charge in [-0.3, -0.25) is 0 Å². The number of ether oxygens (including phenoxy) is 2. The van der Waals surface area contributed by atoms with E-state index in [4.69, 9.17) is 9.47 Å². The van der Waals surface area contributed by atoms with E-state index in [2.05, 4.69) is 16.4 Å². The zero-order chi connectivity index (χ0) is 19.2. The van der Waals surface area contributed by atoms with Gasteiger partial charge in [-0.25, -0.2) is 4.98 Å². The number of nitrogens with zero attached hydrogens (tertiary/aromatic N) is 2. The molecule has 2 N–H and O–H groups in total. The summed E-state index contributed by atoms with van der Waals surface area (Å²) >= 11 is 1.37. The van der Waals surface area contributed by atoms with Gasteiger partial charge < -0.3 is 19.9 Å². The first-order valence-corrected chi connectivity index (χ1v) is 8.86. The van der Waals surface area contributed by atoms with Crippen molar-refractivity contribution in [3.63, 3.8) is 0 Å². The maximum absolute atomic E-state index is 9.72. The van der Waals surface area contributed by atoms with Crippen molar-refractivity contribution in [1.29, 1.82) is 5.26 Å². The van der Waals surface area contributed by atoms with Gasteiger partial charge in [0.15, 0.2) is 11.5 Å². The van der Waals surface area contributed by atoms with Crippen LogP contribution in [0, 0.1) is 11.3 Å². The summed E-state index contributed by atoms with van der Waals surface area (Å²) < 4.78 is 10.3. The molecule has 136 valence electrons. The van der Waals surface area contributed by atoms with E-state index in [1.165, 1.54) is 18.4 Å². The number of hydrogen-bond acceptors (Lipinski definition) is 7. The third-order valence-corrected chi connectivity index (χ3v) is 4.66. The van der Waals surface area contributed by atoms with Gasteiger partial charge in [0.25, 0.3) is 0 Å². The van der Waals surface area contributed by atoms with Crippen molar-refractivity contribution in [2.45, 2.75) is 0 Å². The molecule has 7 heteroatoms. The monoisotopic (exact) mass is 379 g/mol. The Morgan fingerprint density at radius 3 is 2.81 bits per heavy atom. The molecular weight excluding hydrogens is 362 g/mol. The fourth-order valence-electron chi connectivity index (χ4n) is 2.38. The summed E-state index contributed by atoms with van der Waals surface area (Å²) in [6, 6.07) is 14.6. The average Bonchev–Trinajstić information content (AvgIpc) is 3.19. The van der Waals surface area contributed by atoms with E-state index in [0.29, 0.717) is 22.0 Å². The van der Waals surface area contributed by atoms with Crippen molar-refractivity contribution in [2.24, 2.45) is 0 Å². The molecule has 0 saturated carbocycles. The van der Waals surface area contributed by atoms with Crippen LogP contribution < -0.4 is 14.8 Å². The second-order valence-corrected chi connectivity index (χ2v) is 6.33. The van der Waals surface area contributed by atoms with Crippen LogP contribution in [0.5, 0.6) is 17.2 Å². The first kappa shape index (κ1) is 18.3. The molecule has 0 amide bonds. The Morgan fingerprint density at radius 2 is 2.07 bits per heavy atom. The van der Waals surface area contributed by atoms with Crippen LogP contribution >= 0.6 is 11.3 Å². The number of benzene rings is 2. The Kier molecular flexibility index (Phi) is 5.59. The number of allylic oxidation sites excluding steroid dienone is 1. The number of methoxy groups -OCH3 is 2. The van der Waals surface area contributed by atoms with Gasteiger partial charge in [0.1, 0.15) is 22.4 Å². The molecular formula is C20H17N3O3S. The highest BCUT2D eigenvalue weighted by Crippen LogP contribution is 2.33. The number of aromatic hydroxyl groups is 1. The number of phenolic OH excluding ortho intramolecular Hbond substituents is 1. The van der Waals surface area contributed by atoms with Gasteiger partial charge >= 0.3 is 0 Å². The van der Waals surface area contributed by atoms with Crippen LogP contribution in [-0.2, 0) is 0 Å². The molecule has 0 unspecified atom stereocenters. The van der Waals surface area contributed by atoms with Crippen molar-refractivity contribution < 1.29 is 14.6 Å². The number of aromatic nitrogens is 1. The van der Waals surface area contributed by atoms with Gasteiger partial charge in [0.05, 0.1) is 19.9 Å². The van der Waals surface area contributed by atoms with Crippen molar-refractivity contribution >= 4 is 22.6 Å². The van der Waals surface area contributed by atoms with E-state index in [9.17, 15) is 10.4 Å². The van der Waals surface area contributed by atoms with E-state index in [0.717, 1.165) is 17.0 Å². The number of hydrogen-bond donors (Lipinski definition) is 2. The molecule has 0 aliphatic rings. The summed E-state index contributed by atoms with van der Waals surface area (Å²) in [6.45, 7) is 0. The minimum absolute atomic E-state index is 0.0665. The number of rotatable bonds is 6. The molecule has 0 saturated heterocycles. The van der Waals surface area contributed by atoms with Gasteiger partial charge in [0.2, 0.25) is 0 Å². The van der Waals surface area contributed by atoms with Crippen LogP contribution in [0.1, 0.15) is 5.01 Å². The summed E-state index contributed by atoms with van der Waals surface area (Å²) in [5, 5.41) is 24.7. The fraction of sp³-hybridized carbons (Fsp3) is 0.100. The van der Waals surface area contributed by atoms with E-state index >= 15 is 0 Å². The van der Waals surface area contributed by atoms with E-state index < -0.39 is 0 Å². The SMILES string of the molecule is COc1cccc(N/C=C(\C#N)c2nc(-c3ccc(O)c(OC)c3)cs2)c1. The predicted molar refractivity (Wildman–Crippen MR) is 106 cm³/mol. The first-order chi connectivity index (χ1) is 13.1. The van der Waals surface area contributed by atoms with E-state index in [-0.39, 0.29) is 5.75 Å². The maximum Gasteiger partial charge on any atom is 0.161 e. The first-order valence-electron chi connectivity index (χ1n) is 7.98. The maximum atomic E-state index is 9.72. The Morgan fingerprint density at radius 1 is 1.22 bits per heavy atom. The van der Waals surface area contributed by atoms with Crippen LogP contribution in [0.15, 0.2) is 54.0 Å². The van der Waals surface area contributed by atoms with Crippen LogP contribution in [0.3, 0.4) is 0 Å². The third-order valence-electron chi connectivity index (χ3n) is 3.78. The minimum Gasteiger partial charge on any atom is -0.504 e. The lowest BCUT2D eigenvalue weighted by Gasteiger charge is -2.05. The fourth-order valence-corrected chi connectivity index (χ4v) is 3.17. The largest absolute Gasteiger partial charge is 0.504 e. The molecule has 0 atom stereocenters. The number of nitriles is 1. The zero-order valence-electron chi connectivity index (χ0n) is 14.8. The van der Waals surface area contributed by atoms with Crippen molar-refractivity contribution in [2.75, 3.05) is 19.5 Å². The molecule has 3 rings (SSSR count). The topological polar surface area (TPSA) is 87.4 Å². The summed E-state index contributed by atoms with van der Waals surface area (Å²) in [4.78, 5) is 4.53. The molecule has 0 bridgehead atoms. The lowest BCUT2D eigenvalue weighted by molar-refractivity contribution is 0.373. The van der Waals surface area contributed by atoms with Crippen molar-refractivity contribution in [3.8, 4) is 34.6 Å². The Balaban J connectivity index is 1.84. The third kappa shape index (κ3) is 4.19. The molecule has 1 heterocycles. The standard InChI is InChI=1S/C20H17N3O3S/c1-25-16-5-3-4-15(9-16)22-11-14(10-21)20-23-17(12-27-20)13-6-7-18(24)19(8-13)26-2/h3-9,11-12,22,24H,1-2H3/b14-11+. The van der Waals surface area contributed by atoms with Crippen molar-refractivity contribution in [1.82, 2.24) is 4.98 Å². The van der Waals surface area contributed by atoms with Crippen LogP contribution in [0.4, 0.5) is 5.69 Å². The van der Waals surface area contributed by atoms with Gasteiger partial charge in [-0.1, -0.05) is 6.07 Å². The second-order valence-electron chi connectivity index (χ2n) is 5.47. The van der Waals surface area contributed by atoms with Gasteiger partial charge in [0, 0.05) is 28.9 Å². The van der Waals surface area contributed by atoms with Crippen LogP contribution in [-0.4, -0.2) is 24.3 Å². The summed E-state index contributed by atoms with van der Waals surface area (Å²) in [7, 11) is 3.09. The molecule has 27 heavy (non-hydrogen) atoms. The molecule has 0 aliphatic heterocycles. The molecule has 0 radical (unpaired) electrons. The molecule has 0 aliphatic carbocycles. The Hall–Kier alpha value is -3.50. The molecule has 0 fully saturated rings. The number of nitrogens with one attached hydrogen (secondary N) is 1. The summed E-state index contributed by atoms with van der Waals surface area (Å²) in [5.74, 6) is 1.17. The van der Waals surface area contributed by atoms with Crippen molar-refractivity contribution in [3.05, 3.63) is 59.1 Å². The number of thiazole rings is 1. The van der Waals surface area contributed by atoms with E-state index in [1.807, 2.05) is 29.6 Å². The summed E-state index contributed by atoms with van der Waals surface area (Å²) in [5.41, 5.74) is 2.72. The molecule has 2 aromatic carbocycles. The second kappa shape index (κ2) is 8.25. The molecule has 3 aromatic rings. The number of anilines is 1. The predicted octanol–water partition coefficient (Wildman–Crippen LogP) is 4.51. The van der Waals surface area contributed by atoms with Gasteiger partial charge in [-0.2, -0.15) is 5.26 Å². The molecule has 6 nitrogen and oxygen atoms in total. The average molecular weight is 379 g/mol.